The highest BCUT2D eigenvalue weighted by molar-refractivity contribution is 6.33. The zero-order valence-corrected chi connectivity index (χ0v) is 12.1. The fraction of sp³-hybridized carbons (Fsp3) is 0. The Morgan fingerprint density at radius 3 is 1.95 bits per heavy atom. The van der Waals surface area contributed by atoms with Crippen LogP contribution < -0.4 is 0 Å². The molecule has 100 valence electrons. The van der Waals surface area contributed by atoms with Crippen LogP contribution in [-0.2, 0) is 0 Å². The molecule has 0 nitrogen and oxygen atoms in total. The molecule has 0 bridgehead atoms. The van der Waals surface area contributed by atoms with Crippen LogP contribution in [0, 0.1) is 11.8 Å². The van der Waals surface area contributed by atoms with Crippen molar-refractivity contribution in [1.29, 1.82) is 0 Å². The lowest BCUT2D eigenvalue weighted by molar-refractivity contribution is 1.58. The topological polar surface area (TPSA) is 0 Å². The molecular formula is C20H13Cl. The number of hydrogen-bond acceptors (Lipinski definition) is 0. The van der Waals surface area contributed by atoms with Crippen LogP contribution in [0.25, 0.3) is 11.1 Å². The third-order valence-corrected chi connectivity index (χ3v) is 3.54. The number of rotatable bonds is 1. The Labute approximate surface area is 130 Å². The van der Waals surface area contributed by atoms with E-state index in [9.17, 15) is 0 Å². The molecule has 0 spiro atoms. The van der Waals surface area contributed by atoms with E-state index >= 15 is 0 Å². The van der Waals surface area contributed by atoms with Gasteiger partial charge in [0, 0.05) is 21.7 Å². The molecule has 0 aromatic heterocycles. The molecule has 21 heavy (non-hydrogen) atoms. The molecule has 0 fully saturated rings. The Kier molecular flexibility index (Phi) is 4.05. The van der Waals surface area contributed by atoms with Crippen LogP contribution in [0.2, 0.25) is 5.02 Å². The van der Waals surface area contributed by atoms with Crippen molar-refractivity contribution in [3.05, 3.63) is 95.0 Å². The molecule has 3 aromatic rings. The largest absolute Gasteiger partial charge is 0.0837 e. The van der Waals surface area contributed by atoms with Crippen molar-refractivity contribution in [2.45, 2.75) is 0 Å². The molecule has 0 saturated heterocycles. The average molecular weight is 289 g/mol. The van der Waals surface area contributed by atoms with Gasteiger partial charge in [-0.05, 0) is 29.8 Å². The zero-order valence-electron chi connectivity index (χ0n) is 11.4. The monoisotopic (exact) mass is 288 g/mol. The smallest absolute Gasteiger partial charge is 0.0484 e. The first-order chi connectivity index (χ1) is 10.3. The molecule has 0 N–H and O–H groups in total. The van der Waals surface area contributed by atoms with Gasteiger partial charge in [0.2, 0.25) is 0 Å². The van der Waals surface area contributed by atoms with Gasteiger partial charge in [-0.1, -0.05) is 78.0 Å². The SMILES string of the molecule is Clc1ccccc1-c1ccccc1C#Cc1ccccc1. The van der Waals surface area contributed by atoms with Gasteiger partial charge in [0.15, 0.2) is 0 Å². The van der Waals surface area contributed by atoms with Gasteiger partial charge >= 0.3 is 0 Å². The second kappa shape index (κ2) is 6.31. The number of halogens is 1. The summed E-state index contributed by atoms with van der Waals surface area (Å²) < 4.78 is 0. The van der Waals surface area contributed by atoms with E-state index in [-0.39, 0.29) is 0 Å². The molecule has 1 heteroatoms. The standard InChI is InChI=1S/C20H13Cl/c21-20-13-7-6-12-19(20)18-11-5-4-10-17(18)15-14-16-8-2-1-3-9-16/h1-13H. The Balaban J connectivity index is 2.06. The molecule has 0 amide bonds. The van der Waals surface area contributed by atoms with Crippen molar-refractivity contribution in [2.24, 2.45) is 0 Å². The van der Waals surface area contributed by atoms with E-state index in [1.165, 1.54) is 0 Å². The van der Waals surface area contributed by atoms with E-state index in [4.69, 9.17) is 11.6 Å². The van der Waals surface area contributed by atoms with Gasteiger partial charge in [0.1, 0.15) is 0 Å². The quantitative estimate of drug-likeness (QED) is 0.525. The molecule has 0 heterocycles. The van der Waals surface area contributed by atoms with Gasteiger partial charge in [0.05, 0.1) is 0 Å². The van der Waals surface area contributed by atoms with Crippen LogP contribution >= 0.6 is 11.6 Å². The van der Waals surface area contributed by atoms with Crippen LogP contribution in [0.15, 0.2) is 78.9 Å². The molecule has 0 aliphatic heterocycles. The molecule has 0 radical (unpaired) electrons. The minimum atomic E-state index is 0.742. The Hall–Kier alpha value is -2.49. The second-order valence-corrected chi connectivity index (χ2v) is 5.05. The minimum Gasteiger partial charge on any atom is -0.0837 e. The lowest BCUT2D eigenvalue weighted by Crippen LogP contribution is -1.85. The maximum absolute atomic E-state index is 6.30. The van der Waals surface area contributed by atoms with E-state index in [0.29, 0.717) is 0 Å². The summed E-state index contributed by atoms with van der Waals surface area (Å²) in [5.41, 5.74) is 4.06. The van der Waals surface area contributed by atoms with Crippen LogP contribution in [-0.4, -0.2) is 0 Å². The third-order valence-electron chi connectivity index (χ3n) is 3.21. The molecule has 0 unspecified atom stereocenters. The summed E-state index contributed by atoms with van der Waals surface area (Å²) in [5.74, 6) is 6.44. The van der Waals surface area contributed by atoms with E-state index in [0.717, 1.165) is 27.3 Å². The van der Waals surface area contributed by atoms with Gasteiger partial charge in [-0.25, -0.2) is 0 Å². The van der Waals surface area contributed by atoms with Gasteiger partial charge in [-0.3, -0.25) is 0 Å². The van der Waals surface area contributed by atoms with Gasteiger partial charge < -0.3 is 0 Å². The maximum atomic E-state index is 6.30. The molecule has 0 aliphatic rings. The van der Waals surface area contributed by atoms with E-state index in [2.05, 4.69) is 17.9 Å². The first-order valence-corrected chi connectivity index (χ1v) is 7.13. The predicted octanol–water partition coefficient (Wildman–Crippen LogP) is 5.41. The summed E-state index contributed by atoms with van der Waals surface area (Å²) in [4.78, 5) is 0. The average Bonchev–Trinajstić information content (AvgIpc) is 2.55. The summed E-state index contributed by atoms with van der Waals surface area (Å²) in [6.45, 7) is 0. The second-order valence-electron chi connectivity index (χ2n) is 4.64. The van der Waals surface area contributed by atoms with Crippen LogP contribution in [0.1, 0.15) is 11.1 Å². The Bertz CT molecular complexity index is 808. The predicted molar refractivity (Wildman–Crippen MR) is 89.3 cm³/mol. The lowest BCUT2D eigenvalue weighted by Gasteiger charge is -2.06. The van der Waals surface area contributed by atoms with E-state index < -0.39 is 0 Å². The van der Waals surface area contributed by atoms with Crippen LogP contribution in [0.3, 0.4) is 0 Å². The first-order valence-electron chi connectivity index (χ1n) is 6.75. The van der Waals surface area contributed by atoms with Gasteiger partial charge in [-0.2, -0.15) is 0 Å². The zero-order chi connectivity index (χ0) is 14.5. The number of hydrogen-bond donors (Lipinski definition) is 0. The van der Waals surface area contributed by atoms with Crippen molar-refractivity contribution in [3.63, 3.8) is 0 Å². The van der Waals surface area contributed by atoms with Crippen molar-refractivity contribution in [2.75, 3.05) is 0 Å². The van der Waals surface area contributed by atoms with Crippen molar-refractivity contribution < 1.29 is 0 Å². The lowest BCUT2D eigenvalue weighted by atomic mass is 10.00. The normalized spacial score (nSPS) is 9.76. The highest BCUT2D eigenvalue weighted by Gasteiger charge is 2.05. The fourth-order valence-electron chi connectivity index (χ4n) is 2.17. The minimum absolute atomic E-state index is 0.742. The Morgan fingerprint density at radius 2 is 1.19 bits per heavy atom. The summed E-state index contributed by atoms with van der Waals surface area (Å²) in [5, 5.41) is 0.742. The van der Waals surface area contributed by atoms with Gasteiger partial charge in [-0.15, -0.1) is 0 Å². The summed E-state index contributed by atoms with van der Waals surface area (Å²) in [6, 6.07) is 25.9. The summed E-state index contributed by atoms with van der Waals surface area (Å²) in [7, 11) is 0. The van der Waals surface area contributed by atoms with E-state index in [1.807, 2.05) is 72.8 Å². The number of benzene rings is 3. The molecule has 0 aliphatic carbocycles. The summed E-state index contributed by atoms with van der Waals surface area (Å²) in [6.07, 6.45) is 0. The van der Waals surface area contributed by atoms with Crippen LogP contribution in [0.5, 0.6) is 0 Å². The maximum Gasteiger partial charge on any atom is 0.0484 e. The highest BCUT2D eigenvalue weighted by Crippen LogP contribution is 2.29. The first kappa shape index (κ1) is 13.5. The highest BCUT2D eigenvalue weighted by atomic mass is 35.5. The molecule has 0 atom stereocenters. The fourth-order valence-corrected chi connectivity index (χ4v) is 2.41. The molecule has 0 saturated carbocycles. The van der Waals surface area contributed by atoms with E-state index in [1.54, 1.807) is 0 Å². The van der Waals surface area contributed by atoms with Gasteiger partial charge in [0.25, 0.3) is 0 Å². The van der Waals surface area contributed by atoms with Crippen molar-refractivity contribution in [3.8, 4) is 23.0 Å². The summed E-state index contributed by atoms with van der Waals surface area (Å²) >= 11 is 6.30. The Morgan fingerprint density at radius 1 is 0.571 bits per heavy atom. The third kappa shape index (κ3) is 3.16. The van der Waals surface area contributed by atoms with Crippen molar-refractivity contribution in [1.82, 2.24) is 0 Å². The molecule has 3 rings (SSSR count). The van der Waals surface area contributed by atoms with Crippen molar-refractivity contribution >= 4 is 11.6 Å². The molecule has 3 aromatic carbocycles. The molecular weight excluding hydrogens is 276 g/mol. The van der Waals surface area contributed by atoms with Crippen LogP contribution in [0.4, 0.5) is 0 Å².